The van der Waals surface area contributed by atoms with Crippen molar-refractivity contribution in [1.29, 1.82) is 0 Å². The average molecular weight is 227 g/mol. The van der Waals surface area contributed by atoms with Crippen LogP contribution in [0, 0.1) is 11.7 Å². The molecule has 0 bridgehead atoms. The van der Waals surface area contributed by atoms with Crippen molar-refractivity contribution in [3.05, 3.63) is 30.1 Å². The van der Waals surface area contributed by atoms with Gasteiger partial charge in [-0.05, 0) is 29.9 Å². The van der Waals surface area contributed by atoms with Gasteiger partial charge >= 0.3 is 0 Å². The van der Waals surface area contributed by atoms with Crippen LogP contribution in [0.1, 0.15) is 13.3 Å². The van der Waals surface area contributed by atoms with Crippen LogP contribution in [-0.2, 0) is 0 Å². The molecule has 1 nitrogen and oxygen atoms in total. The predicted molar refractivity (Wildman–Crippen MR) is 67.3 cm³/mol. The minimum atomic E-state index is -0.182. The Bertz CT molecular complexity index is 299. The molecule has 0 aliphatic carbocycles. The first-order valence-corrected chi connectivity index (χ1v) is 5.88. The molecule has 1 atom stereocenters. The van der Waals surface area contributed by atoms with E-state index in [-0.39, 0.29) is 5.82 Å². The molecular formula is C12H18FNS. The highest BCUT2D eigenvalue weighted by molar-refractivity contribution is 7.80. The third kappa shape index (κ3) is 3.74. The van der Waals surface area contributed by atoms with Crippen LogP contribution in [0.5, 0.6) is 0 Å². The van der Waals surface area contributed by atoms with E-state index in [4.69, 9.17) is 0 Å². The zero-order valence-corrected chi connectivity index (χ0v) is 10.2. The van der Waals surface area contributed by atoms with Crippen molar-refractivity contribution in [2.45, 2.75) is 13.3 Å². The second-order valence-corrected chi connectivity index (χ2v) is 4.18. The fourth-order valence-corrected chi connectivity index (χ4v) is 1.90. The summed E-state index contributed by atoms with van der Waals surface area (Å²) in [6.45, 7) is 3.07. The maximum absolute atomic E-state index is 13.0. The molecule has 1 rings (SSSR count). The van der Waals surface area contributed by atoms with E-state index in [0.717, 1.165) is 24.4 Å². The van der Waals surface area contributed by atoms with Crippen LogP contribution in [0.15, 0.2) is 24.3 Å². The topological polar surface area (TPSA) is 3.24 Å². The van der Waals surface area contributed by atoms with E-state index in [1.54, 1.807) is 12.1 Å². The Kier molecular flexibility index (Phi) is 4.95. The first-order chi connectivity index (χ1) is 7.17. The summed E-state index contributed by atoms with van der Waals surface area (Å²) in [5.74, 6) is 1.25. The molecule has 3 heteroatoms. The minimum Gasteiger partial charge on any atom is -0.374 e. The molecule has 1 aromatic carbocycles. The number of hydrogen-bond acceptors (Lipinski definition) is 2. The van der Waals surface area contributed by atoms with E-state index >= 15 is 0 Å². The van der Waals surface area contributed by atoms with E-state index in [1.165, 1.54) is 6.07 Å². The Morgan fingerprint density at radius 1 is 1.47 bits per heavy atom. The van der Waals surface area contributed by atoms with Gasteiger partial charge in [-0.1, -0.05) is 19.4 Å². The third-order valence-electron chi connectivity index (χ3n) is 2.62. The van der Waals surface area contributed by atoms with E-state index < -0.39 is 0 Å². The highest BCUT2D eigenvalue weighted by atomic mass is 32.1. The Hall–Kier alpha value is -0.700. The summed E-state index contributed by atoms with van der Waals surface area (Å²) < 4.78 is 13.0. The van der Waals surface area contributed by atoms with E-state index in [9.17, 15) is 4.39 Å². The van der Waals surface area contributed by atoms with E-state index in [2.05, 4.69) is 24.5 Å². The average Bonchev–Trinajstić information content (AvgIpc) is 2.25. The number of rotatable bonds is 5. The van der Waals surface area contributed by atoms with E-state index in [0.29, 0.717) is 5.92 Å². The molecule has 0 N–H and O–H groups in total. The summed E-state index contributed by atoms with van der Waals surface area (Å²) in [6.07, 6.45) is 1.10. The number of thiol groups is 1. The summed E-state index contributed by atoms with van der Waals surface area (Å²) in [4.78, 5) is 2.08. The second kappa shape index (κ2) is 6.01. The van der Waals surface area contributed by atoms with Crippen LogP contribution < -0.4 is 4.90 Å². The van der Waals surface area contributed by atoms with Gasteiger partial charge in [0, 0.05) is 19.3 Å². The Balaban J connectivity index is 2.64. The molecule has 0 aliphatic rings. The molecule has 15 heavy (non-hydrogen) atoms. The molecule has 0 fully saturated rings. The fraction of sp³-hybridized carbons (Fsp3) is 0.500. The summed E-state index contributed by atoms with van der Waals surface area (Å²) >= 11 is 4.30. The lowest BCUT2D eigenvalue weighted by Crippen LogP contribution is -2.26. The Labute approximate surface area is 96.7 Å². The maximum atomic E-state index is 13.0. The predicted octanol–water partition coefficient (Wildman–Crippen LogP) is 3.22. The quantitative estimate of drug-likeness (QED) is 0.756. The van der Waals surface area contributed by atoms with Gasteiger partial charge < -0.3 is 4.90 Å². The molecule has 0 heterocycles. The Morgan fingerprint density at radius 2 is 2.20 bits per heavy atom. The van der Waals surface area contributed by atoms with Crippen LogP contribution in [0.25, 0.3) is 0 Å². The highest BCUT2D eigenvalue weighted by Gasteiger charge is 2.08. The molecule has 1 unspecified atom stereocenters. The largest absolute Gasteiger partial charge is 0.374 e. The second-order valence-electron chi connectivity index (χ2n) is 3.82. The fourth-order valence-electron chi connectivity index (χ4n) is 1.52. The summed E-state index contributed by atoms with van der Waals surface area (Å²) in [5.41, 5.74) is 0.926. The van der Waals surface area contributed by atoms with Gasteiger partial charge in [0.1, 0.15) is 5.82 Å². The monoisotopic (exact) mass is 227 g/mol. The van der Waals surface area contributed by atoms with Gasteiger partial charge in [0.25, 0.3) is 0 Å². The van der Waals surface area contributed by atoms with Crippen molar-refractivity contribution in [2.75, 3.05) is 24.2 Å². The van der Waals surface area contributed by atoms with Gasteiger partial charge in [-0.2, -0.15) is 12.6 Å². The van der Waals surface area contributed by atoms with Crippen LogP contribution in [-0.4, -0.2) is 19.3 Å². The molecule has 0 radical (unpaired) electrons. The van der Waals surface area contributed by atoms with Crippen LogP contribution >= 0.6 is 12.6 Å². The number of hydrogen-bond donors (Lipinski definition) is 1. The lowest BCUT2D eigenvalue weighted by molar-refractivity contribution is 0.568. The normalized spacial score (nSPS) is 12.5. The first-order valence-electron chi connectivity index (χ1n) is 5.25. The van der Waals surface area contributed by atoms with Gasteiger partial charge in [-0.3, -0.25) is 0 Å². The zero-order valence-electron chi connectivity index (χ0n) is 9.28. The van der Waals surface area contributed by atoms with Crippen molar-refractivity contribution >= 4 is 18.3 Å². The van der Waals surface area contributed by atoms with Crippen molar-refractivity contribution in [2.24, 2.45) is 5.92 Å². The van der Waals surface area contributed by atoms with Gasteiger partial charge in [0.2, 0.25) is 0 Å². The van der Waals surface area contributed by atoms with Gasteiger partial charge in [0.15, 0.2) is 0 Å². The minimum absolute atomic E-state index is 0.182. The van der Waals surface area contributed by atoms with Crippen molar-refractivity contribution < 1.29 is 4.39 Å². The molecule has 84 valence electrons. The molecule has 1 aromatic rings. The number of anilines is 1. The molecular weight excluding hydrogens is 209 g/mol. The summed E-state index contributed by atoms with van der Waals surface area (Å²) in [6, 6.07) is 6.69. The molecule has 0 saturated carbocycles. The summed E-state index contributed by atoms with van der Waals surface area (Å²) in [5, 5.41) is 0. The van der Waals surface area contributed by atoms with Crippen LogP contribution in [0.3, 0.4) is 0 Å². The van der Waals surface area contributed by atoms with Gasteiger partial charge in [-0.25, -0.2) is 4.39 Å². The summed E-state index contributed by atoms with van der Waals surface area (Å²) in [7, 11) is 1.99. The van der Waals surface area contributed by atoms with Crippen molar-refractivity contribution in [3.8, 4) is 0 Å². The van der Waals surface area contributed by atoms with E-state index in [1.807, 2.05) is 13.1 Å². The smallest absolute Gasteiger partial charge is 0.125 e. The number of benzene rings is 1. The van der Waals surface area contributed by atoms with Gasteiger partial charge in [0.05, 0.1) is 0 Å². The SMILES string of the molecule is CCC(CS)CN(C)c1cccc(F)c1. The van der Waals surface area contributed by atoms with Crippen LogP contribution in [0.4, 0.5) is 10.1 Å². The lowest BCUT2D eigenvalue weighted by Gasteiger charge is -2.24. The number of halogens is 1. The third-order valence-corrected chi connectivity index (χ3v) is 3.13. The van der Waals surface area contributed by atoms with Gasteiger partial charge in [-0.15, -0.1) is 0 Å². The molecule has 0 aromatic heterocycles. The first kappa shape index (κ1) is 12.4. The highest BCUT2D eigenvalue weighted by Crippen LogP contribution is 2.16. The van der Waals surface area contributed by atoms with Crippen LogP contribution in [0.2, 0.25) is 0 Å². The van der Waals surface area contributed by atoms with Crippen molar-refractivity contribution in [1.82, 2.24) is 0 Å². The zero-order chi connectivity index (χ0) is 11.3. The van der Waals surface area contributed by atoms with Crippen molar-refractivity contribution in [3.63, 3.8) is 0 Å². The molecule has 0 spiro atoms. The molecule has 0 saturated heterocycles. The molecule has 0 amide bonds. The Morgan fingerprint density at radius 3 is 2.73 bits per heavy atom. The lowest BCUT2D eigenvalue weighted by atomic mass is 10.1. The maximum Gasteiger partial charge on any atom is 0.125 e. The standard InChI is InChI=1S/C12H18FNS/c1-3-10(9-15)8-14(2)12-6-4-5-11(13)7-12/h4-7,10,15H,3,8-9H2,1-2H3. The number of nitrogens with zero attached hydrogens (tertiary/aromatic N) is 1. The molecule has 0 aliphatic heterocycles.